The van der Waals surface area contributed by atoms with E-state index in [0.29, 0.717) is 18.3 Å². The number of hydrogen-bond donors (Lipinski definition) is 1. The molecule has 0 aromatic heterocycles. The van der Waals surface area contributed by atoms with Crippen LogP contribution in [0.1, 0.15) is 44.9 Å². The highest BCUT2D eigenvalue weighted by Gasteiger charge is 2.60. The Hall–Kier alpha value is -0.860. The van der Waals surface area contributed by atoms with Crippen LogP contribution < -0.4 is 0 Å². The highest BCUT2D eigenvalue weighted by Crippen LogP contribution is 2.66. The minimum atomic E-state index is -0.614. The molecule has 4 aliphatic carbocycles. The maximum absolute atomic E-state index is 11.5. The number of hydrogen-bond acceptors (Lipinski definition) is 2. The summed E-state index contributed by atoms with van der Waals surface area (Å²) < 4.78 is 0. The van der Waals surface area contributed by atoms with Gasteiger partial charge in [0.15, 0.2) is 0 Å². The standard InChI is InChI=1S/C13H18O3/c14-2-1-12-4-9-3-10(5-12)7-13(6-9,8-12)11(15)16/h2,9-10H,1,3-8H2,(H,15,16). The third-order valence-corrected chi connectivity index (χ3v) is 5.15. The summed E-state index contributed by atoms with van der Waals surface area (Å²) in [5.41, 5.74) is -0.433. The predicted octanol–water partition coefficient (Wildman–Crippen LogP) is 2.25. The molecule has 3 nitrogen and oxygen atoms in total. The van der Waals surface area contributed by atoms with E-state index in [1.807, 2.05) is 0 Å². The van der Waals surface area contributed by atoms with Crippen LogP contribution in [0.25, 0.3) is 0 Å². The van der Waals surface area contributed by atoms with Crippen LogP contribution in [-0.2, 0) is 9.59 Å². The van der Waals surface area contributed by atoms with Crippen LogP contribution in [0.3, 0.4) is 0 Å². The molecule has 4 saturated carbocycles. The SMILES string of the molecule is O=CCC12CC3CC(C1)CC(C(=O)O)(C3)C2. The molecule has 0 radical (unpaired) electrons. The topological polar surface area (TPSA) is 54.4 Å². The van der Waals surface area contributed by atoms with Crippen LogP contribution in [0.15, 0.2) is 0 Å². The number of aldehydes is 1. The minimum absolute atomic E-state index is 0.0459. The van der Waals surface area contributed by atoms with Gasteiger partial charge in [-0.1, -0.05) is 0 Å². The summed E-state index contributed by atoms with van der Waals surface area (Å²) in [7, 11) is 0. The molecule has 4 fully saturated rings. The quantitative estimate of drug-likeness (QED) is 0.745. The van der Waals surface area contributed by atoms with Crippen molar-refractivity contribution in [2.24, 2.45) is 22.7 Å². The molecule has 3 heteroatoms. The molecular weight excluding hydrogens is 204 g/mol. The molecule has 4 aliphatic rings. The first-order chi connectivity index (χ1) is 7.57. The van der Waals surface area contributed by atoms with Crippen molar-refractivity contribution in [1.29, 1.82) is 0 Å². The van der Waals surface area contributed by atoms with Gasteiger partial charge in [-0.05, 0) is 55.8 Å². The maximum Gasteiger partial charge on any atom is 0.309 e. The Kier molecular flexibility index (Phi) is 1.99. The van der Waals surface area contributed by atoms with Gasteiger partial charge in [0.2, 0.25) is 0 Å². The van der Waals surface area contributed by atoms with Crippen LogP contribution in [0, 0.1) is 22.7 Å². The van der Waals surface area contributed by atoms with Gasteiger partial charge in [0.1, 0.15) is 6.29 Å². The number of rotatable bonds is 3. The van der Waals surface area contributed by atoms with Crippen LogP contribution in [-0.4, -0.2) is 17.4 Å². The van der Waals surface area contributed by atoms with Crippen LogP contribution in [0.4, 0.5) is 0 Å². The van der Waals surface area contributed by atoms with Gasteiger partial charge in [0.25, 0.3) is 0 Å². The highest BCUT2D eigenvalue weighted by atomic mass is 16.4. The van der Waals surface area contributed by atoms with Gasteiger partial charge in [0, 0.05) is 6.42 Å². The first-order valence-electron chi connectivity index (χ1n) is 6.25. The van der Waals surface area contributed by atoms with Crippen LogP contribution in [0.5, 0.6) is 0 Å². The molecular formula is C13H18O3. The predicted molar refractivity (Wildman–Crippen MR) is 57.9 cm³/mol. The Morgan fingerprint density at radius 2 is 1.88 bits per heavy atom. The fourth-order valence-electron chi connectivity index (χ4n) is 5.12. The van der Waals surface area contributed by atoms with Gasteiger partial charge < -0.3 is 9.90 Å². The monoisotopic (exact) mass is 222 g/mol. The fourth-order valence-corrected chi connectivity index (χ4v) is 5.12. The van der Waals surface area contributed by atoms with Crippen LogP contribution in [0.2, 0.25) is 0 Å². The zero-order valence-corrected chi connectivity index (χ0v) is 9.45. The number of aliphatic carboxylic acids is 1. The van der Waals surface area contributed by atoms with Crippen molar-refractivity contribution in [3.63, 3.8) is 0 Å². The maximum atomic E-state index is 11.5. The third-order valence-electron chi connectivity index (χ3n) is 5.15. The van der Waals surface area contributed by atoms with Crippen molar-refractivity contribution in [2.45, 2.75) is 44.9 Å². The largest absolute Gasteiger partial charge is 0.481 e. The summed E-state index contributed by atoms with van der Waals surface area (Å²) in [6.45, 7) is 0. The van der Waals surface area contributed by atoms with Gasteiger partial charge in [0.05, 0.1) is 5.41 Å². The Bertz CT molecular complexity index is 333. The minimum Gasteiger partial charge on any atom is -0.481 e. The lowest BCUT2D eigenvalue weighted by molar-refractivity contribution is -0.175. The number of carboxylic acids is 1. The van der Waals surface area contributed by atoms with E-state index in [1.165, 1.54) is 6.42 Å². The zero-order chi connectivity index (χ0) is 11.4. The first-order valence-corrected chi connectivity index (χ1v) is 6.25. The van der Waals surface area contributed by atoms with Gasteiger partial charge in [-0.3, -0.25) is 4.79 Å². The van der Waals surface area contributed by atoms with E-state index in [9.17, 15) is 14.7 Å². The Morgan fingerprint density at radius 3 is 2.38 bits per heavy atom. The van der Waals surface area contributed by atoms with Crippen molar-refractivity contribution < 1.29 is 14.7 Å². The molecule has 0 aromatic carbocycles. The van der Waals surface area contributed by atoms with Gasteiger partial charge in [-0.25, -0.2) is 0 Å². The van der Waals surface area contributed by atoms with Crippen LogP contribution >= 0.6 is 0 Å². The fraction of sp³-hybridized carbons (Fsp3) is 0.846. The number of carboxylic acid groups (broad SMARTS) is 1. The van der Waals surface area contributed by atoms with Crippen molar-refractivity contribution in [3.05, 3.63) is 0 Å². The summed E-state index contributed by atoms with van der Waals surface area (Å²) in [5.74, 6) is 0.520. The molecule has 0 spiro atoms. The highest BCUT2D eigenvalue weighted by molar-refractivity contribution is 5.75. The Labute approximate surface area is 95.2 Å². The molecule has 0 aliphatic heterocycles. The van der Waals surface area contributed by atoms with Gasteiger partial charge >= 0.3 is 5.97 Å². The van der Waals surface area contributed by atoms with E-state index in [2.05, 4.69) is 0 Å². The van der Waals surface area contributed by atoms with Gasteiger partial charge in [-0.15, -0.1) is 0 Å². The van der Waals surface area contributed by atoms with E-state index in [4.69, 9.17) is 0 Å². The average molecular weight is 222 g/mol. The van der Waals surface area contributed by atoms with E-state index >= 15 is 0 Å². The second-order valence-electron chi connectivity index (χ2n) is 6.42. The van der Waals surface area contributed by atoms with Crippen molar-refractivity contribution in [2.75, 3.05) is 0 Å². The second kappa shape index (κ2) is 3.08. The molecule has 1 N–H and O–H groups in total. The smallest absolute Gasteiger partial charge is 0.309 e. The molecule has 88 valence electrons. The third kappa shape index (κ3) is 1.26. The Morgan fingerprint density at radius 1 is 1.25 bits per heavy atom. The average Bonchev–Trinajstić information content (AvgIpc) is 2.14. The number of carbonyl (C=O) groups excluding carboxylic acids is 1. The van der Waals surface area contributed by atoms with Gasteiger partial charge in [-0.2, -0.15) is 0 Å². The summed E-state index contributed by atoms with van der Waals surface area (Å²) in [4.78, 5) is 22.3. The molecule has 0 saturated heterocycles. The lowest BCUT2D eigenvalue weighted by atomic mass is 9.43. The summed E-state index contributed by atoms with van der Waals surface area (Å²) in [6.07, 6.45) is 7.45. The molecule has 2 atom stereocenters. The number of carbonyl (C=O) groups is 2. The molecule has 2 unspecified atom stereocenters. The van der Waals surface area contributed by atoms with E-state index in [-0.39, 0.29) is 5.41 Å². The van der Waals surface area contributed by atoms with E-state index in [0.717, 1.165) is 38.4 Å². The molecule has 0 amide bonds. The molecule has 16 heavy (non-hydrogen) atoms. The summed E-state index contributed by atoms with van der Waals surface area (Å²) in [6, 6.07) is 0. The van der Waals surface area contributed by atoms with Crippen molar-refractivity contribution in [3.8, 4) is 0 Å². The normalized spacial score (nSPS) is 49.2. The van der Waals surface area contributed by atoms with E-state index < -0.39 is 11.4 Å². The lowest BCUT2D eigenvalue weighted by Crippen LogP contribution is -2.55. The zero-order valence-electron chi connectivity index (χ0n) is 9.45. The lowest BCUT2D eigenvalue weighted by Gasteiger charge is -2.60. The van der Waals surface area contributed by atoms with Crippen molar-refractivity contribution >= 4 is 12.3 Å². The Balaban J connectivity index is 1.96. The van der Waals surface area contributed by atoms with E-state index in [1.54, 1.807) is 0 Å². The molecule has 0 heterocycles. The first kappa shape index (κ1) is 10.3. The molecule has 0 aromatic rings. The van der Waals surface area contributed by atoms with Crippen molar-refractivity contribution in [1.82, 2.24) is 0 Å². The second-order valence-corrected chi connectivity index (χ2v) is 6.42. The molecule has 4 rings (SSSR count). The summed E-state index contributed by atoms with van der Waals surface area (Å²) >= 11 is 0. The molecule has 4 bridgehead atoms. The summed E-state index contributed by atoms with van der Waals surface area (Å²) in [5, 5.41) is 9.47.